The molecule has 0 aliphatic heterocycles. The molecular weight excluding hydrogens is 316 g/mol. The monoisotopic (exact) mass is 340 g/mol. The molecule has 3 aromatic carbocycles. The smallest absolute Gasteiger partial charge is 0.118 e. The van der Waals surface area contributed by atoms with E-state index < -0.39 is 0 Å². The van der Waals surface area contributed by atoms with Gasteiger partial charge in [0.15, 0.2) is 0 Å². The minimum Gasteiger partial charge on any atom is -0.497 e. The predicted octanol–water partition coefficient (Wildman–Crippen LogP) is 5.15. The maximum absolute atomic E-state index is 5.40. The highest BCUT2D eigenvalue weighted by Gasteiger charge is 2.46. The maximum atomic E-state index is 5.40. The topological polar surface area (TPSA) is 9.23 Å². The average molecular weight is 340 g/mol. The van der Waals surface area contributed by atoms with Crippen molar-refractivity contribution in [1.29, 1.82) is 0 Å². The lowest BCUT2D eigenvalue weighted by Crippen LogP contribution is -2.37. The van der Waals surface area contributed by atoms with Crippen LogP contribution >= 0.6 is 0 Å². The summed E-state index contributed by atoms with van der Waals surface area (Å²) in [5, 5.41) is 0. The van der Waals surface area contributed by atoms with E-state index in [1.54, 1.807) is 18.2 Å². The fourth-order valence-electron chi connectivity index (χ4n) is 5.25. The van der Waals surface area contributed by atoms with Crippen molar-refractivity contribution in [3.8, 4) is 5.75 Å². The predicted molar refractivity (Wildman–Crippen MR) is 106 cm³/mol. The zero-order valence-electron chi connectivity index (χ0n) is 15.2. The molecule has 130 valence electrons. The van der Waals surface area contributed by atoms with E-state index in [0.717, 1.165) is 18.6 Å². The molecule has 0 spiro atoms. The molecular formula is C25H24O. The van der Waals surface area contributed by atoms with Crippen LogP contribution in [-0.4, -0.2) is 7.11 Å². The SMILES string of the molecule is COc1ccc(C2(C3Cc4ccccc4C3)Cc3ccccc3C2)cc1. The first-order valence-electron chi connectivity index (χ1n) is 9.56. The Hall–Kier alpha value is -2.54. The highest BCUT2D eigenvalue weighted by atomic mass is 16.5. The number of fused-ring (bicyclic) bond motifs is 2. The van der Waals surface area contributed by atoms with Crippen LogP contribution in [0.2, 0.25) is 0 Å². The summed E-state index contributed by atoms with van der Waals surface area (Å²) >= 11 is 0. The highest BCUT2D eigenvalue weighted by Crippen LogP contribution is 2.49. The molecule has 0 N–H and O–H groups in total. The van der Waals surface area contributed by atoms with Gasteiger partial charge in [-0.15, -0.1) is 0 Å². The van der Waals surface area contributed by atoms with E-state index in [0.29, 0.717) is 5.92 Å². The largest absolute Gasteiger partial charge is 0.497 e. The Kier molecular flexibility index (Phi) is 3.63. The van der Waals surface area contributed by atoms with Gasteiger partial charge in [0.25, 0.3) is 0 Å². The Morgan fingerprint density at radius 1 is 0.692 bits per heavy atom. The van der Waals surface area contributed by atoms with Crippen LogP contribution in [0, 0.1) is 5.92 Å². The number of hydrogen-bond acceptors (Lipinski definition) is 1. The minimum absolute atomic E-state index is 0.189. The molecule has 0 radical (unpaired) electrons. The van der Waals surface area contributed by atoms with E-state index in [1.165, 1.54) is 29.5 Å². The van der Waals surface area contributed by atoms with Crippen LogP contribution in [0.25, 0.3) is 0 Å². The molecule has 5 rings (SSSR count). The number of benzene rings is 3. The zero-order chi connectivity index (χ0) is 17.6. The van der Waals surface area contributed by atoms with Crippen molar-refractivity contribution in [2.24, 2.45) is 5.92 Å². The first-order valence-corrected chi connectivity index (χ1v) is 9.56. The van der Waals surface area contributed by atoms with Crippen LogP contribution in [0.15, 0.2) is 72.8 Å². The summed E-state index contributed by atoms with van der Waals surface area (Å²) in [5.74, 6) is 1.59. The summed E-state index contributed by atoms with van der Waals surface area (Å²) in [6.45, 7) is 0. The van der Waals surface area contributed by atoms with Crippen LogP contribution < -0.4 is 4.74 Å². The quantitative estimate of drug-likeness (QED) is 0.641. The van der Waals surface area contributed by atoms with Crippen molar-refractivity contribution in [3.05, 3.63) is 101 Å². The third-order valence-corrected chi connectivity index (χ3v) is 6.63. The van der Waals surface area contributed by atoms with Crippen LogP contribution in [0.1, 0.15) is 27.8 Å². The van der Waals surface area contributed by atoms with E-state index in [1.807, 2.05) is 0 Å². The molecule has 0 heterocycles. The van der Waals surface area contributed by atoms with Crippen molar-refractivity contribution in [1.82, 2.24) is 0 Å². The van der Waals surface area contributed by atoms with Crippen molar-refractivity contribution < 1.29 is 4.74 Å². The summed E-state index contributed by atoms with van der Waals surface area (Å²) in [7, 11) is 1.74. The number of rotatable bonds is 3. The minimum atomic E-state index is 0.189. The van der Waals surface area contributed by atoms with Crippen molar-refractivity contribution in [2.45, 2.75) is 31.1 Å². The van der Waals surface area contributed by atoms with Crippen LogP contribution in [-0.2, 0) is 31.1 Å². The van der Waals surface area contributed by atoms with Crippen molar-refractivity contribution >= 4 is 0 Å². The van der Waals surface area contributed by atoms with Gasteiger partial charge in [0.1, 0.15) is 5.75 Å². The highest BCUT2D eigenvalue weighted by molar-refractivity contribution is 5.46. The van der Waals surface area contributed by atoms with Gasteiger partial charge in [0, 0.05) is 5.41 Å². The summed E-state index contributed by atoms with van der Waals surface area (Å²) in [6.07, 6.45) is 4.68. The summed E-state index contributed by atoms with van der Waals surface area (Å²) in [5.41, 5.74) is 7.79. The lowest BCUT2D eigenvalue weighted by atomic mass is 9.67. The second kappa shape index (κ2) is 6.02. The van der Waals surface area contributed by atoms with E-state index in [4.69, 9.17) is 4.74 Å². The first-order chi connectivity index (χ1) is 12.8. The van der Waals surface area contributed by atoms with E-state index in [9.17, 15) is 0 Å². The second-order valence-corrected chi connectivity index (χ2v) is 7.88. The standard InChI is InChI=1S/C25H24O/c1-26-24-12-10-22(11-13-24)25(16-20-8-4-5-9-21(20)17-25)23-14-18-6-2-3-7-19(18)15-23/h2-13,23H,14-17H2,1H3. The number of hydrogen-bond donors (Lipinski definition) is 0. The van der Waals surface area contributed by atoms with Gasteiger partial charge in [0.05, 0.1) is 7.11 Å². The summed E-state index contributed by atoms with van der Waals surface area (Å²) < 4.78 is 5.40. The molecule has 3 aromatic rings. The molecule has 26 heavy (non-hydrogen) atoms. The van der Waals surface area contributed by atoms with Gasteiger partial charge in [-0.1, -0.05) is 60.7 Å². The summed E-state index contributed by atoms with van der Waals surface area (Å²) in [4.78, 5) is 0. The van der Waals surface area contributed by atoms with Crippen LogP contribution in [0.3, 0.4) is 0 Å². The first kappa shape index (κ1) is 15.7. The molecule has 0 amide bonds. The molecule has 1 nitrogen and oxygen atoms in total. The normalized spacial score (nSPS) is 17.7. The van der Waals surface area contributed by atoms with E-state index >= 15 is 0 Å². The Labute approximate surface area is 155 Å². The zero-order valence-corrected chi connectivity index (χ0v) is 15.2. The van der Waals surface area contributed by atoms with Crippen molar-refractivity contribution in [2.75, 3.05) is 7.11 Å². The van der Waals surface area contributed by atoms with Gasteiger partial charge in [-0.3, -0.25) is 0 Å². The third kappa shape index (κ3) is 2.38. The van der Waals surface area contributed by atoms with Gasteiger partial charge in [-0.25, -0.2) is 0 Å². The molecule has 0 fully saturated rings. The van der Waals surface area contributed by atoms with Gasteiger partial charge in [-0.05, 0) is 71.6 Å². The lowest BCUT2D eigenvalue weighted by Gasteiger charge is -2.36. The molecule has 2 aliphatic carbocycles. The van der Waals surface area contributed by atoms with Crippen LogP contribution in [0.5, 0.6) is 5.75 Å². The van der Waals surface area contributed by atoms with Gasteiger partial charge in [-0.2, -0.15) is 0 Å². The molecule has 0 unspecified atom stereocenters. The van der Waals surface area contributed by atoms with Gasteiger partial charge < -0.3 is 4.74 Å². The molecule has 0 aromatic heterocycles. The lowest BCUT2D eigenvalue weighted by molar-refractivity contribution is 0.287. The summed E-state index contributed by atoms with van der Waals surface area (Å²) in [6, 6.07) is 26.9. The van der Waals surface area contributed by atoms with E-state index in [2.05, 4.69) is 72.8 Å². The molecule has 1 heteroatoms. The second-order valence-electron chi connectivity index (χ2n) is 7.88. The van der Waals surface area contributed by atoms with Crippen molar-refractivity contribution in [3.63, 3.8) is 0 Å². The Morgan fingerprint density at radius 3 is 1.69 bits per heavy atom. The number of methoxy groups -OCH3 is 1. The molecule has 0 atom stereocenters. The molecule has 0 bridgehead atoms. The van der Waals surface area contributed by atoms with Crippen LogP contribution in [0.4, 0.5) is 0 Å². The molecule has 0 saturated heterocycles. The third-order valence-electron chi connectivity index (χ3n) is 6.63. The molecule has 0 saturated carbocycles. The Morgan fingerprint density at radius 2 is 1.19 bits per heavy atom. The fraction of sp³-hybridized carbons (Fsp3) is 0.280. The maximum Gasteiger partial charge on any atom is 0.118 e. The van der Waals surface area contributed by atoms with Gasteiger partial charge in [0.2, 0.25) is 0 Å². The fourth-order valence-corrected chi connectivity index (χ4v) is 5.25. The van der Waals surface area contributed by atoms with Gasteiger partial charge >= 0.3 is 0 Å². The molecule has 2 aliphatic rings. The Bertz CT molecular complexity index is 888. The van der Waals surface area contributed by atoms with E-state index in [-0.39, 0.29) is 5.41 Å². The Balaban J connectivity index is 1.58. The number of ether oxygens (including phenoxy) is 1. The average Bonchev–Trinajstić information content (AvgIpc) is 3.30.